The van der Waals surface area contributed by atoms with E-state index in [1.165, 1.54) is 17.9 Å². The van der Waals surface area contributed by atoms with E-state index in [-0.39, 0.29) is 6.61 Å². The Bertz CT molecular complexity index is 76.5. The molecular weight excluding hydrogens is 158 g/mol. The predicted molar refractivity (Wildman–Crippen MR) is 51.9 cm³/mol. The summed E-state index contributed by atoms with van der Waals surface area (Å²) in [7, 11) is 0. The van der Waals surface area contributed by atoms with Gasteiger partial charge in [-0.05, 0) is 36.8 Å². The fourth-order valence-electron chi connectivity index (χ4n) is 0.902. The summed E-state index contributed by atoms with van der Waals surface area (Å²) < 4.78 is 0. The molecule has 11 heavy (non-hydrogen) atoms. The number of aliphatic hydroxyl groups is 1. The van der Waals surface area contributed by atoms with E-state index in [2.05, 4.69) is 6.92 Å². The van der Waals surface area contributed by atoms with E-state index in [1.54, 1.807) is 0 Å². The highest BCUT2D eigenvalue weighted by Crippen LogP contribution is 2.08. The fraction of sp³-hybridized carbons (Fsp3) is 1.00. The lowest BCUT2D eigenvalue weighted by Crippen LogP contribution is -2.18. The minimum atomic E-state index is 0.243. The molecule has 0 aliphatic carbocycles. The summed E-state index contributed by atoms with van der Waals surface area (Å²) in [6, 6.07) is 0. The largest absolute Gasteiger partial charge is 0.396 e. The first-order valence-electron chi connectivity index (χ1n) is 4.23. The lowest BCUT2D eigenvalue weighted by atomic mass is 10.1. The highest BCUT2D eigenvalue weighted by atomic mass is 32.2. The van der Waals surface area contributed by atoms with Crippen LogP contribution in [0.3, 0.4) is 0 Å². The maximum Gasteiger partial charge on any atom is 0.0471 e. The van der Waals surface area contributed by atoms with Gasteiger partial charge < -0.3 is 10.8 Å². The molecule has 0 heterocycles. The third kappa shape index (κ3) is 6.66. The Balaban J connectivity index is 3.07. The van der Waals surface area contributed by atoms with Gasteiger partial charge in [0, 0.05) is 6.61 Å². The van der Waals surface area contributed by atoms with Crippen LogP contribution in [0.2, 0.25) is 0 Å². The van der Waals surface area contributed by atoms with Gasteiger partial charge in [-0.2, -0.15) is 11.8 Å². The third-order valence-corrected chi connectivity index (χ3v) is 2.68. The topological polar surface area (TPSA) is 46.2 Å². The number of hydrogen-bond acceptors (Lipinski definition) is 3. The second kappa shape index (κ2) is 8.37. The first-order valence-corrected chi connectivity index (χ1v) is 5.39. The van der Waals surface area contributed by atoms with E-state index < -0.39 is 0 Å². The number of rotatable bonds is 7. The Hall–Kier alpha value is 0.270. The number of hydrogen-bond donors (Lipinski definition) is 2. The van der Waals surface area contributed by atoms with E-state index in [4.69, 9.17) is 10.8 Å². The van der Waals surface area contributed by atoms with Crippen LogP contribution < -0.4 is 5.73 Å². The molecule has 0 rings (SSSR count). The molecule has 0 spiro atoms. The van der Waals surface area contributed by atoms with E-state index in [9.17, 15) is 0 Å². The van der Waals surface area contributed by atoms with Gasteiger partial charge in [-0.25, -0.2) is 0 Å². The molecule has 0 bridgehead atoms. The van der Waals surface area contributed by atoms with Gasteiger partial charge in [-0.1, -0.05) is 6.92 Å². The van der Waals surface area contributed by atoms with Gasteiger partial charge in [0.25, 0.3) is 0 Å². The normalized spacial score (nSPS) is 13.4. The third-order valence-electron chi connectivity index (χ3n) is 1.70. The van der Waals surface area contributed by atoms with Crippen LogP contribution in [0.15, 0.2) is 0 Å². The van der Waals surface area contributed by atoms with E-state index >= 15 is 0 Å². The number of aliphatic hydroxyl groups excluding tert-OH is 1. The second-order valence-electron chi connectivity index (χ2n) is 2.62. The first kappa shape index (κ1) is 11.3. The quantitative estimate of drug-likeness (QED) is 0.572. The van der Waals surface area contributed by atoms with Crippen LogP contribution in [-0.4, -0.2) is 29.8 Å². The molecule has 3 N–H and O–H groups in total. The second-order valence-corrected chi connectivity index (χ2v) is 4.02. The molecule has 0 fully saturated rings. The molecule has 0 aromatic rings. The van der Waals surface area contributed by atoms with Gasteiger partial charge in [0.15, 0.2) is 0 Å². The van der Waals surface area contributed by atoms with E-state index in [0.717, 1.165) is 6.42 Å². The van der Waals surface area contributed by atoms with Gasteiger partial charge in [0.1, 0.15) is 0 Å². The van der Waals surface area contributed by atoms with Gasteiger partial charge in [0.05, 0.1) is 0 Å². The van der Waals surface area contributed by atoms with Crippen molar-refractivity contribution in [2.45, 2.75) is 19.8 Å². The summed E-state index contributed by atoms with van der Waals surface area (Å²) >= 11 is 1.95. The highest BCUT2D eigenvalue weighted by molar-refractivity contribution is 7.99. The minimum absolute atomic E-state index is 0.243. The van der Waals surface area contributed by atoms with Gasteiger partial charge in [-0.15, -0.1) is 0 Å². The molecule has 68 valence electrons. The van der Waals surface area contributed by atoms with Gasteiger partial charge in [0.2, 0.25) is 0 Å². The average molecular weight is 177 g/mol. The molecule has 0 amide bonds. The van der Waals surface area contributed by atoms with Crippen LogP contribution in [0.1, 0.15) is 19.8 Å². The zero-order valence-electron chi connectivity index (χ0n) is 7.25. The van der Waals surface area contributed by atoms with Crippen LogP contribution in [-0.2, 0) is 0 Å². The molecule has 1 atom stereocenters. The summed E-state index contributed by atoms with van der Waals surface area (Å²) in [4.78, 5) is 0. The van der Waals surface area contributed by atoms with Crippen molar-refractivity contribution in [2.24, 2.45) is 11.7 Å². The Labute approximate surface area is 73.6 Å². The highest BCUT2D eigenvalue weighted by Gasteiger charge is 2.03. The Morgan fingerprint density at radius 1 is 1.55 bits per heavy atom. The van der Waals surface area contributed by atoms with Crippen molar-refractivity contribution in [3.05, 3.63) is 0 Å². The van der Waals surface area contributed by atoms with Crippen LogP contribution in [0, 0.1) is 5.92 Å². The Kier molecular flexibility index (Phi) is 8.57. The van der Waals surface area contributed by atoms with Gasteiger partial charge >= 0.3 is 0 Å². The maximum atomic E-state index is 8.80. The molecule has 0 aromatic carbocycles. The summed E-state index contributed by atoms with van der Waals surface area (Å²) in [6.07, 6.45) is 2.25. The average Bonchev–Trinajstić information content (AvgIpc) is 2.05. The van der Waals surface area contributed by atoms with Crippen LogP contribution in [0.5, 0.6) is 0 Å². The lowest BCUT2D eigenvalue weighted by Gasteiger charge is -2.09. The standard InChI is InChI=1S/C8H19NOS/c1-2-11-5-3-4-8(6-9)7-10/h8,10H,2-7,9H2,1H3. The zero-order chi connectivity index (χ0) is 8.53. The number of nitrogens with two attached hydrogens (primary N) is 1. The van der Waals surface area contributed by atoms with Crippen molar-refractivity contribution >= 4 is 11.8 Å². The Morgan fingerprint density at radius 3 is 2.73 bits per heavy atom. The van der Waals surface area contributed by atoms with Crippen molar-refractivity contribution < 1.29 is 5.11 Å². The molecule has 1 unspecified atom stereocenters. The molecule has 0 saturated heterocycles. The molecule has 0 saturated carbocycles. The fourth-order valence-corrected chi connectivity index (χ4v) is 1.56. The summed E-state index contributed by atoms with van der Waals surface area (Å²) in [5.74, 6) is 2.71. The SMILES string of the molecule is CCSCCCC(CN)CO. The Morgan fingerprint density at radius 2 is 2.27 bits per heavy atom. The molecule has 0 aliphatic heterocycles. The predicted octanol–water partition coefficient (Wildman–Crippen LogP) is 1.09. The summed E-state index contributed by atoms with van der Waals surface area (Å²) in [5, 5.41) is 8.80. The van der Waals surface area contributed by atoms with Crippen molar-refractivity contribution in [3.8, 4) is 0 Å². The van der Waals surface area contributed by atoms with Gasteiger partial charge in [-0.3, -0.25) is 0 Å². The molecule has 0 aromatic heterocycles. The summed E-state index contributed by atoms with van der Waals surface area (Å²) in [6.45, 7) is 3.03. The van der Waals surface area contributed by atoms with Crippen LogP contribution in [0.25, 0.3) is 0 Å². The van der Waals surface area contributed by atoms with E-state index in [0.29, 0.717) is 12.5 Å². The molecule has 0 aliphatic rings. The monoisotopic (exact) mass is 177 g/mol. The molecule has 2 nitrogen and oxygen atoms in total. The zero-order valence-corrected chi connectivity index (χ0v) is 8.07. The smallest absolute Gasteiger partial charge is 0.0471 e. The van der Waals surface area contributed by atoms with Crippen LogP contribution >= 0.6 is 11.8 Å². The molecule has 3 heteroatoms. The maximum absolute atomic E-state index is 8.80. The molecular formula is C8H19NOS. The lowest BCUT2D eigenvalue weighted by molar-refractivity contribution is 0.222. The van der Waals surface area contributed by atoms with Crippen molar-refractivity contribution in [1.82, 2.24) is 0 Å². The van der Waals surface area contributed by atoms with Crippen molar-refractivity contribution in [1.29, 1.82) is 0 Å². The minimum Gasteiger partial charge on any atom is -0.396 e. The van der Waals surface area contributed by atoms with E-state index in [1.807, 2.05) is 11.8 Å². The van der Waals surface area contributed by atoms with Crippen LogP contribution in [0.4, 0.5) is 0 Å². The van der Waals surface area contributed by atoms with Crippen molar-refractivity contribution in [2.75, 3.05) is 24.7 Å². The summed E-state index contributed by atoms with van der Waals surface area (Å²) in [5.41, 5.74) is 5.43. The number of thioether (sulfide) groups is 1. The molecule has 0 radical (unpaired) electrons. The first-order chi connectivity index (χ1) is 5.35. The van der Waals surface area contributed by atoms with Crippen molar-refractivity contribution in [3.63, 3.8) is 0 Å².